The third-order valence-electron chi connectivity index (χ3n) is 2.33. The molecule has 1 unspecified atom stereocenters. The van der Waals surface area contributed by atoms with Gasteiger partial charge in [0.05, 0.1) is 12.1 Å². The Morgan fingerprint density at radius 2 is 2.31 bits per heavy atom. The van der Waals surface area contributed by atoms with Crippen LogP contribution in [0, 0.1) is 0 Å². The minimum absolute atomic E-state index is 0.182. The number of ether oxygens (including phenoxy) is 1. The lowest BCUT2D eigenvalue weighted by Gasteiger charge is -2.34. The van der Waals surface area contributed by atoms with E-state index in [4.69, 9.17) is 4.74 Å². The molecule has 1 aliphatic heterocycles. The normalized spacial score (nSPS) is 24.2. The van der Waals surface area contributed by atoms with E-state index in [1.54, 1.807) is 7.11 Å². The number of amides is 1. The number of carbonyl (C=O) groups excluding carboxylic acids is 1. The summed E-state index contributed by atoms with van der Waals surface area (Å²) in [6, 6.07) is 0. The van der Waals surface area contributed by atoms with Gasteiger partial charge in [0.25, 0.3) is 0 Å². The van der Waals surface area contributed by atoms with Crippen molar-refractivity contribution in [1.82, 2.24) is 4.90 Å². The van der Waals surface area contributed by atoms with E-state index in [2.05, 4.69) is 12.6 Å². The van der Waals surface area contributed by atoms with Crippen molar-refractivity contribution in [1.29, 1.82) is 0 Å². The molecule has 0 radical (unpaired) electrons. The van der Waals surface area contributed by atoms with E-state index in [1.807, 2.05) is 18.7 Å². The molecule has 0 saturated carbocycles. The predicted octanol–water partition coefficient (Wildman–Crippen LogP) is 0.942. The third kappa shape index (κ3) is 2.38. The van der Waals surface area contributed by atoms with Crippen molar-refractivity contribution >= 4 is 18.5 Å². The van der Waals surface area contributed by atoms with Crippen molar-refractivity contribution in [3.63, 3.8) is 0 Å². The average Bonchev–Trinajstić information content (AvgIpc) is 2.30. The van der Waals surface area contributed by atoms with Gasteiger partial charge in [-0.15, -0.1) is 0 Å². The molecule has 1 aliphatic rings. The maximum absolute atomic E-state index is 11.5. The second-order valence-corrected chi connectivity index (χ2v) is 4.84. The highest BCUT2D eigenvalue weighted by atomic mass is 32.1. The van der Waals surface area contributed by atoms with Crippen LogP contribution in [0.3, 0.4) is 0 Å². The third-order valence-corrected chi connectivity index (χ3v) is 2.68. The first-order valence-electron chi connectivity index (χ1n) is 4.45. The molecular formula is C9H17NO2S. The second-order valence-electron chi connectivity index (χ2n) is 4.11. The van der Waals surface area contributed by atoms with E-state index < -0.39 is 0 Å². The molecule has 0 aromatic rings. The molecule has 1 saturated heterocycles. The standard InChI is InChI=1S/C9H17NO2S/c1-9(2,6-12-3)10-5-7(13)4-8(10)11/h7,13H,4-6H2,1-3H3. The highest BCUT2D eigenvalue weighted by Gasteiger charge is 2.37. The van der Waals surface area contributed by atoms with Crippen LogP contribution in [0.1, 0.15) is 20.3 Å². The largest absolute Gasteiger partial charge is 0.382 e. The molecule has 4 heteroatoms. The monoisotopic (exact) mass is 203 g/mol. The molecule has 1 heterocycles. The van der Waals surface area contributed by atoms with Crippen LogP contribution in [0.4, 0.5) is 0 Å². The first-order chi connectivity index (χ1) is 5.97. The maximum atomic E-state index is 11.5. The van der Waals surface area contributed by atoms with Crippen LogP contribution in [0.25, 0.3) is 0 Å². The van der Waals surface area contributed by atoms with Gasteiger partial charge in [-0.05, 0) is 13.8 Å². The van der Waals surface area contributed by atoms with Gasteiger partial charge in [0.15, 0.2) is 0 Å². The second kappa shape index (κ2) is 3.88. The summed E-state index contributed by atoms with van der Waals surface area (Å²) in [6.45, 7) is 5.33. The van der Waals surface area contributed by atoms with Gasteiger partial charge in [0, 0.05) is 25.3 Å². The number of rotatable bonds is 3. The lowest BCUT2D eigenvalue weighted by Crippen LogP contribution is -2.48. The van der Waals surface area contributed by atoms with E-state index in [0.29, 0.717) is 13.0 Å². The number of likely N-dealkylation sites (tertiary alicyclic amines) is 1. The van der Waals surface area contributed by atoms with Gasteiger partial charge in [0.1, 0.15) is 0 Å². The van der Waals surface area contributed by atoms with Crippen LogP contribution in [-0.2, 0) is 9.53 Å². The van der Waals surface area contributed by atoms with Crippen LogP contribution < -0.4 is 0 Å². The minimum atomic E-state index is -0.205. The number of methoxy groups -OCH3 is 1. The zero-order valence-corrected chi connectivity index (χ0v) is 9.30. The van der Waals surface area contributed by atoms with Crippen LogP contribution in [0.2, 0.25) is 0 Å². The SMILES string of the molecule is COCC(C)(C)N1CC(S)CC1=O. The maximum Gasteiger partial charge on any atom is 0.224 e. The summed E-state index contributed by atoms with van der Waals surface area (Å²) in [4.78, 5) is 13.4. The molecule has 1 amide bonds. The molecule has 1 fully saturated rings. The molecule has 76 valence electrons. The number of carbonyl (C=O) groups is 1. The van der Waals surface area contributed by atoms with Gasteiger partial charge in [0.2, 0.25) is 5.91 Å². The zero-order valence-electron chi connectivity index (χ0n) is 8.41. The Hall–Kier alpha value is -0.220. The van der Waals surface area contributed by atoms with Crippen molar-refractivity contribution in [3.8, 4) is 0 Å². The van der Waals surface area contributed by atoms with E-state index in [0.717, 1.165) is 6.54 Å². The lowest BCUT2D eigenvalue weighted by atomic mass is 10.1. The predicted molar refractivity (Wildman–Crippen MR) is 55.1 cm³/mol. The van der Waals surface area contributed by atoms with Crippen molar-refractivity contribution < 1.29 is 9.53 Å². The molecule has 13 heavy (non-hydrogen) atoms. The Morgan fingerprint density at radius 1 is 1.69 bits per heavy atom. The summed E-state index contributed by atoms with van der Waals surface area (Å²) in [5.41, 5.74) is -0.205. The number of nitrogens with zero attached hydrogens (tertiary/aromatic N) is 1. The summed E-state index contributed by atoms with van der Waals surface area (Å²) in [7, 11) is 1.65. The number of hydrogen-bond acceptors (Lipinski definition) is 3. The average molecular weight is 203 g/mol. The highest BCUT2D eigenvalue weighted by molar-refractivity contribution is 7.81. The molecule has 1 atom stereocenters. The van der Waals surface area contributed by atoms with Crippen molar-refractivity contribution in [2.75, 3.05) is 20.3 Å². The number of thiol groups is 1. The van der Waals surface area contributed by atoms with Gasteiger partial charge >= 0.3 is 0 Å². The Morgan fingerprint density at radius 3 is 2.69 bits per heavy atom. The molecule has 0 bridgehead atoms. The fraction of sp³-hybridized carbons (Fsp3) is 0.889. The Bertz CT molecular complexity index is 206. The zero-order chi connectivity index (χ0) is 10.1. The first kappa shape index (κ1) is 10.9. The van der Waals surface area contributed by atoms with Crippen LogP contribution in [-0.4, -0.2) is 41.9 Å². The molecular weight excluding hydrogens is 186 g/mol. The van der Waals surface area contributed by atoms with Crippen LogP contribution >= 0.6 is 12.6 Å². The van der Waals surface area contributed by atoms with Crippen LogP contribution in [0.5, 0.6) is 0 Å². The van der Waals surface area contributed by atoms with E-state index >= 15 is 0 Å². The van der Waals surface area contributed by atoms with Gasteiger partial charge in [-0.2, -0.15) is 12.6 Å². The van der Waals surface area contributed by atoms with Crippen molar-refractivity contribution in [3.05, 3.63) is 0 Å². The quantitative estimate of drug-likeness (QED) is 0.692. The van der Waals surface area contributed by atoms with E-state index in [1.165, 1.54) is 0 Å². The first-order valence-corrected chi connectivity index (χ1v) is 4.96. The molecule has 1 rings (SSSR count). The summed E-state index contributed by atoms with van der Waals surface area (Å²) in [6.07, 6.45) is 0.552. The smallest absolute Gasteiger partial charge is 0.224 e. The topological polar surface area (TPSA) is 29.5 Å². The summed E-state index contributed by atoms with van der Waals surface area (Å²) < 4.78 is 5.08. The van der Waals surface area contributed by atoms with E-state index in [9.17, 15) is 4.79 Å². The number of hydrogen-bond donors (Lipinski definition) is 1. The van der Waals surface area contributed by atoms with Crippen LogP contribution in [0.15, 0.2) is 0 Å². The fourth-order valence-corrected chi connectivity index (χ4v) is 2.02. The molecule has 0 N–H and O–H groups in total. The van der Waals surface area contributed by atoms with Gasteiger partial charge in [-0.1, -0.05) is 0 Å². The molecule has 0 aromatic heterocycles. The molecule has 0 spiro atoms. The van der Waals surface area contributed by atoms with Gasteiger partial charge in [-0.25, -0.2) is 0 Å². The fourth-order valence-electron chi connectivity index (χ4n) is 1.70. The minimum Gasteiger partial charge on any atom is -0.382 e. The Balaban J connectivity index is 2.65. The van der Waals surface area contributed by atoms with Gasteiger partial charge < -0.3 is 9.64 Å². The lowest BCUT2D eigenvalue weighted by molar-refractivity contribution is -0.133. The molecule has 0 aromatic carbocycles. The summed E-state index contributed by atoms with van der Waals surface area (Å²) >= 11 is 4.31. The summed E-state index contributed by atoms with van der Waals surface area (Å²) in [5, 5.41) is 0.184. The van der Waals surface area contributed by atoms with Gasteiger partial charge in [-0.3, -0.25) is 4.79 Å². The molecule has 3 nitrogen and oxygen atoms in total. The summed E-state index contributed by atoms with van der Waals surface area (Å²) in [5.74, 6) is 0.182. The van der Waals surface area contributed by atoms with Crippen molar-refractivity contribution in [2.45, 2.75) is 31.1 Å². The van der Waals surface area contributed by atoms with E-state index in [-0.39, 0.29) is 16.7 Å². The Labute approximate surface area is 84.8 Å². The molecule has 0 aliphatic carbocycles. The highest BCUT2D eigenvalue weighted by Crippen LogP contribution is 2.24. The Kier molecular flexibility index (Phi) is 3.24. The van der Waals surface area contributed by atoms with Crippen molar-refractivity contribution in [2.24, 2.45) is 0 Å².